The number of aliphatic hydroxyl groups excluding tert-OH is 14. The van der Waals surface area contributed by atoms with Crippen molar-refractivity contribution in [3.8, 4) is 0 Å². The minimum absolute atomic E-state index is 0.410. The zero-order chi connectivity index (χ0) is 41.3. The molecule has 14 N–H and O–H groups in total. The van der Waals surface area contributed by atoms with Crippen molar-refractivity contribution < 1.29 is 114 Å². The summed E-state index contributed by atoms with van der Waals surface area (Å²) in [6, 6.07) is 0. The van der Waals surface area contributed by atoms with Crippen molar-refractivity contribution in [1.29, 1.82) is 0 Å². The van der Waals surface area contributed by atoms with Crippen LogP contribution in [0.2, 0.25) is 0 Å². The molecule has 5 aliphatic rings. The predicted octanol–water partition coefficient (Wildman–Crippen LogP) is -8.30. The predicted molar refractivity (Wildman–Crippen MR) is 176 cm³/mol. The van der Waals surface area contributed by atoms with Gasteiger partial charge in [-0.15, -0.1) is 0 Å². The number of ether oxygens (including phenoxy) is 9. The van der Waals surface area contributed by atoms with Crippen LogP contribution in [-0.4, -0.2) is 246 Å². The minimum atomic E-state index is -2.03. The minimum Gasteiger partial charge on any atom is -0.394 e. The maximum Gasteiger partial charge on any atom is 0.187 e. The summed E-state index contributed by atoms with van der Waals surface area (Å²) < 4.78 is 51.7. The molecule has 0 aliphatic carbocycles. The Kier molecular flexibility index (Phi) is 16.2. The first-order valence-corrected chi connectivity index (χ1v) is 18.6. The standard InChI is InChI=1S/C33H58O23/c1-9-11(3)49-14(6-36)27(17(9)38)54-30-10(2)18(39)28(15(7-37)52-30)55-33-26(47)29(56-32-25(46)23(44)20(41)13(5-35)51-32)21(42)16(53-33)8-48-31-24(45)22(43)19(40)12(4-34)50-31/h9-47H,4-8H2,1-3H3/t9-,10+,11+,12?,13-,14?,15?,16?,17?,18?,19-,20-,21-,22?,23?,24-,25?,26?,27-,28-,29?,30+,31+,32-,33+/m1/s1. The topological polar surface area (TPSA) is 366 Å². The van der Waals surface area contributed by atoms with Gasteiger partial charge in [-0.2, -0.15) is 0 Å². The van der Waals surface area contributed by atoms with Gasteiger partial charge in [0.15, 0.2) is 25.2 Å². The van der Waals surface area contributed by atoms with Gasteiger partial charge in [-0.25, -0.2) is 0 Å². The first-order valence-electron chi connectivity index (χ1n) is 18.6. The Morgan fingerprint density at radius 3 is 1.32 bits per heavy atom. The molecule has 0 radical (unpaired) electrons. The lowest BCUT2D eigenvalue weighted by atomic mass is 9.88. The molecule has 5 rings (SSSR count). The van der Waals surface area contributed by atoms with E-state index in [1.807, 2.05) is 0 Å². The molecule has 5 fully saturated rings. The molecule has 5 aliphatic heterocycles. The zero-order valence-electron chi connectivity index (χ0n) is 30.9. The molecule has 0 amide bonds. The van der Waals surface area contributed by atoms with E-state index in [4.69, 9.17) is 42.6 Å². The van der Waals surface area contributed by atoms with E-state index in [2.05, 4.69) is 0 Å². The Labute approximate surface area is 321 Å². The highest BCUT2D eigenvalue weighted by molar-refractivity contribution is 4.98. The molecular formula is C33H58O23. The molecule has 56 heavy (non-hydrogen) atoms. The third-order valence-electron chi connectivity index (χ3n) is 11.3. The molecule has 0 aromatic heterocycles. The van der Waals surface area contributed by atoms with Gasteiger partial charge in [0.25, 0.3) is 0 Å². The number of hydrogen-bond acceptors (Lipinski definition) is 23. The Balaban J connectivity index is 1.36. The van der Waals surface area contributed by atoms with E-state index in [1.54, 1.807) is 13.8 Å². The molecule has 0 spiro atoms. The third-order valence-corrected chi connectivity index (χ3v) is 11.3. The Morgan fingerprint density at radius 1 is 0.357 bits per heavy atom. The molecule has 11 unspecified atom stereocenters. The van der Waals surface area contributed by atoms with E-state index >= 15 is 0 Å². The second-order valence-corrected chi connectivity index (χ2v) is 15.0. The summed E-state index contributed by atoms with van der Waals surface area (Å²) in [5, 5.41) is 147. The van der Waals surface area contributed by atoms with Crippen molar-refractivity contribution in [2.24, 2.45) is 11.8 Å². The van der Waals surface area contributed by atoms with Gasteiger partial charge in [0.05, 0.1) is 51.3 Å². The van der Waals surface area contributed by atoms with Crippen molar-refractivity contribution in [3.05, 3.63) is 0 Å². The molecule has 0 saturated carbocycles. The summed E-state index contributed by atoms with van der Waals surface area (Å²) in [6.45, 7) is 1.31. The number of rotatable bonds is 13. The molecule has 328 valence electrons. The monoisotopic (exact) mass is 822 g/mol. The third kappa shape index (κ3) is 9.35. The van der Waals surface area contributed by atoms with Gasteiger partial charge in [0.2, 0.25) is 0 Å². The highest BCUT2D eigenvalue weighted by Crippen LogP contribution is 2.37. The summed E-state index contributed by atoms with van der Waals surface area (Å²) in [5.74, 6) is -1.38. The van der Waals surface area contributed by atoms with Crippen LogP contribution in [-0.2, 0) is 42.6 Å². The fraction of sp³-hybridized carbons (Fsp3) is 1.00. The van der Waals surface area contributed by atoms with Crippen LogP contribution >= 0.6 is 0 Å². The first kappa shape index (κ1) is 46.2. The number of hydrogen-bond donors (Lipinski definition) is 14. The summed E-state index contributed by atoms with van der Waals surface area (Å²) in [6.07, 6.45) is -36.1. The summed E-state index contributed by atoms with van der Waals surface area (Å²) in [4.78, 5) is 0. The van der Waals surface area contributed by atoms with Gasteiger partial charge < -0.3 is 114 Å². The van der Waals surface area contributed by atoms with Crippen LogP contribution in [0.25, 0.3) is 0 Å². The SMILES string of the molecule is C[C@@H]1OC(CO)[C@@H](O[C@@H]2OC(CO)[C@@H](O[C@@H]3OC(CO[C@H]4OC(CO)[C@@H](O)C(O)[C@H]4O)[C@@H](O)C(O[C@H]4O[C@H](CO)[C@@H](O)C(O)C4O)C3O)C(O)[C@@H]2C)C(O)[C@@H]1C. The van der Waals surface area contributed by atoms with Gasteiger partial charge >= 0.3 is 0 Å². The maximum atomic E-state index is 11.5. The average Bonchev–Trinajstić information content (AvgIpc) is 3.19. The van der Waals surface area contributed by atoms with Crippen LogP contribution in [0.1, 0.15) is 20.8 Å². The highest BCUT2D eigenvalue weighted by atomic mass is 16.8. The van der Waals surface area contributed by atoms with E-state index in [0.717, 1.165) is 0 Å². The van der Waals surface area contributed by atoms with Gasteiger partial charge in [-0.1, -0.05) is 13.8 Å². The van der Waals surface area contributed by atoms with Crippen LogP contribution < -0.4 is 0 Å². The molecule has 23 nitrogen and oxygen atoms in total. The van der Waals surface area contributed by atoms with Crippen molar-refractivity contribution in [2.75, 3.05) is 33.0 Å². The molecule has 23 heteroatoms. The van der Waals surface area contributed by atoms with Crippen molar-refractivity contribution in [3.63, 3.8) is 0 Å². The van der Waals surface area contributed by atoms with Crippen molar-refractivity contribution in [1.82, 2.24) is 0 Å². The molecule has 5 heterocycles. The van der Waals surface area contributed by atoms with E-state index in [9.17, 15) is 71.5 Å². The van der Waals surface area contributed by atoms with E-state index in [1.165, 1.54) is 6.92 Å². The molecule has 0 aromatic carbocycles. The van der Waals surface area contributed by atoms with Gasteiger partial charge in [0.1, 0.15) is 97.7 Å². The van der Waals surface area contributed by atoms with Gasteiger partial charge in [-0.3, -0.25) is 0 Å². The molecule has 5 saturated heterocycles. The lowest BCUT2D eigenvalue weighted by Gasteiger charge is -2.50. The Bertz CT molecular complexity index is 1200. The van der Waals surface area contributed by atoms with Crippen LogP contribution in [0.15, 0.2) is 0 Å². The second kappa shape index (κ2) is 19.6. The Morgan fingerprint density at radius 2 is 0.768 bits per heavy atom. The van der Waals surface area contributed by atoms with Crippen LogP contribution in [0.4, 0.5) is 0 Å². The zero-order valence-corrected chi connectivity index (χ0v) is 30.9. The second-order valence-electron chi connectivity index (χ2n) is 15.0. The first-order chi connectivity index (χ1) is 26.5. The lowest BCUT2D eigenvalue weighted by molar-refractivity contribution is -0.385. The Hall–Kier alpha value is -0.920. The van der Waals surface area contributed by atoms with E-state index in [-0.39, 0.29) is 0 Å². The summed E-state index contributed by atoms with van der Waals surface area (Å²) in [5.41, 5.74) is 0. The summed E-state index contributed by atoms with van der Waals surface area (Å²) in [7, 11) is 0. The normalized spacial score (nSPS) is 53.2. The molecule has 25 atom stereocenters. The van der Waals surface area contributed by atoms with Gasteiger partial charge in [-0.05, 0) is 6.92 Å². The maximum absolute atomic E-state index is 11.5. The summed E-state index contributed by atoms with van der Waals surface area (Å²) >= 11 is 0. The van der Waals surface area contributed by atoms with Crippen LogP contribution in [0.5, 0.6) is 0 Å². The smallest absolute Gasteiger partial charge is 0.187 e. The molecule has 0 aromatic rings. The van der Waals surface area contributed by atoms with Crippen LogP contribution in [0, 0.1) is 11.8 Å². The lowest BCUT2D eigenvalue weighted by Crippen LogP contribution is -2.67. The molecular weight excluding hydrogens is 764 g/mol. The quantitative estimate of drug-likeness (QED) is 0.0820. The van der Waals surface area contributed by atoms with Crippen molar-refractivity contribution >= 4 is 0 Å². The van der Waals surface area contributed by atoms with E-state index in [0.29, 0.717) is 0 Å². The van der Waals surface area contributed by atoms with E-state index < -0.39 is 186 Å². The fourth-order valence-corrected chi connectivity index (χ4v) is 7.47. The fourth-order valence-electron chi connectivity index (χ4n) is 7.47. The average molecular weight is 823 g/mol. The number of aliphatic hydroxyl groups is 14. The van der Waals surface area contributed by atoms with Crippen LogP contribution in [0.3, 0.4) is 0 Å². The largest absolute Gasteiger partial charge is 0.394 e. The highest BCUT2D eigenvalue weighted by Gasteiger charge is 2.55. The van der Waals surface area contributed by atoms with Crippen molar-refractivity contribution in [2.45, 2.75) is 162 Å². The van der Waals surface area contributed by atoms with Gasteiger partial charge in [0, 0.05) is 11.8 Å². The molecule has 0 bridgehead atoms.